The van der Waals surface area contributed by atoms with Gasteiger partial charge in [0.25, 0.3) is 0 Å². The van der Waals surface area contributed by atoms with Gasteiger partial charge in [-0.25, -0.2) is 0 Å². The third-order valence-electron chi connectivity index (χ3n) is 12.2. The number of para-hydroxylation sites is 2. The molecule has 7 aromatic carbocycles. The van der Waals surface area contributed by atoms with Crippen LogP contribution in [-0.4, -0.2) is 27.8 Å². The maximum absolute atomic E-state index is 6.81. The van der Waals surface area contributed by atoms with Crippen molar-refractivity contribution in [1.82, 2.24) is 14.5 Å². The second kappa shape index (κ2) is 12.6. The molecule has 0 atom stereocenters. The molecule has 0 N–H and O–H groups in total. The quantitative estimate of drug-likeness (QED) is 0.163. The number of hydrogen-bond donors (Lipinski definition) is 0. The third kappa shape index (κ3) is 4.62. The van der Waals surface area contributed by atoms with Crippen molar-refractivity contribution < 1.29 is 4.42 Å². The van der Waals surface area contributed by atoms with Crippen LogP contribution in [0.1, 0.15) is 17.7 Å². The summed E-state index contributed by atoms with van der Waals surface area (Å²) in [6.07, 6.45) is 6.60. The van der Waals surface area contributed by atoms with Crippen molar-refractivity contribution in [3.05, 3.63) is 193 Å². The van der Waals surface area contributed by atoms with E-state index in [1.807, 2.05) is 0 Å². The number of benzene rings is 7. The van der Waals surface area contributed by atoms with E-state index in [4.69, 9.17) is 14.4 Å². The van der Waals surface area contributed by atoms with Crippen molar-refractivity contribution in [3.63, 3.8) is 0 Å². The molecule has 0 radical (unpaired) electrons. The summed E-state index contributed by atoms with van der Waals surface area (Å²) in [4.78, 5) is 11.4. The molecular formula is C52H35GeN3O. The number of aromatic nitrogens is 3. The van der Waals surface area contributed by atoms with Crippen LogP contribution in [0.25, 0.3) is 78.4 Å². The monoisotopic (exact) mass is 791 g/mol. The van der Waals surface area contributed by atoms with E-state index in [2.05, 4.69) is 193 Å². The van der Waals surface area contributed by atoms with Gasteiger partial charge in [-0.15, -0.1) is 0 Å². The summed E-state index contributed by atoms with van der Waals surface area (Å²) in [5.74, 6) is 0.743. The minimum absolute atomic E-state index is 0.743. The number of hydrogen-bond acceptors (Lipinski definition) is 3. The molecule has 4 nitrogen and oxygen atoms in total. The first kappa shape index (κ1) is 32.5. The molecule has 3 aromatic heterocycles. The fourth-order valence-electron chi connectivity index (χ4n) is 9.79. The van der Waals surface area contributed by atoms with E-state index in [1.54, 1.807) is 0 Å². The van der Waals surface area contributed by atoms with Crippen molar-refractivity contribution >= 4 is 69.9 Å². The Morgan fingerprint density at radius 2 is 1.21 bits per heavy atom. The SMILES string of the molecule is C1=Cc2c(c3ccc4c5ccccc5oc4c3n2-c2ccccc2-c2nc(-c3ccccc3)n[c]3c2-c2cccc[c]2[Ge]3([c]2ccccc2)[c]2ccccc2)CC1. The molecule has 12 rings (SSSR count). The van der Waals surface area contributed by atoms with E-state index in [-0.39, 0.29) is 0 Å². The summed E-state index contributed by atoms with van der Waals surface area (Å²) in [6.45, 7) is 0. The average molecular weight is 790 g/mol. The normalized spacial score (nSPS) is 13.9. The zero-order valence-corrected chi connectivity index (χ0v) is 33.2. The topological polar surface area (TPSA) is 43.9 Å². The van der Waals surface area contributed by atoms with E-state index in [0.717, 1.165) is 74.2 Å². The number of nitrogens with zero attached hydrogens (tertiary/aromatic N) is 3. The second-order valence-electron chi connectivity index (χ2n) is 15.1. The van der Waals surface area contributed by atoms with Crippen LogP contribution in [-0.2, 0) is 6.42 Å². The summed E-state index contributed by atoms with van der Waals surface area (Å²) >= 11 is -3.73. The van der Waals surface area contributed by atoms with Crippen molar-refractivity contribution in [2.75, 3.05) is 0 Å². The zero-order valence-electron chi connectivity index (χ0n) is 31.1. The maximum atomic E-state index is 6.81. The Bertz CT molecular complexity index is 3200. The Morgan fingerprint density at radius 1 is 0.561 bits per heavy atom. The molecule has 0 amide bonds. The molecule has 0 saturated heterocycles. The molecule has 10 aromatic rings. The fraction of sp³-hybridized carbons (Fsp3) is 0.0385. The van der Waals surface area contributed by atoms with Crippen LogP contribution < -0.4 is 17.7 Å². The Balaban J connectivity index is 1.24. The van der Waals surface area contributed by atoms with Crippen molar-refractivity contribution in [2.24, 2.45) is 0 Å². The predicted molar refractivity (Wildman–Crippen MR) is 237 cm³/mol. The number of furan rings is 1. The first-order valence-electron chi connectivity index (χ1n) is 19.7. The first-order chi connectivity index (χ1) is 28.3. The standard InChI is InChI=1S/C52H35GeN3O/c1-4-18-34(19-5-1)52-54-48(47-41-26-10-14-28-43(41)53(51(47)55-52,35-20-6-2-7-21-35)36-22-8-3-9-23-36)42-27-12-16-30-45(42)56-44-29-15-11-24-37(44)39-32-33-40-38-25-13-17-31-46(38)57-50(40)49(39)56/h1-10,12-23,25-33H,11,24H2. The van der Waals surface area contributed by atoms with Gasteiger partial charge in [0.05, 0.1) is 0 Å². The van der Waals surface area contributed by atoms with Crippen LogP contribution in [0.15, 0.2) is 186 Å². The molecule has 0 unspecified atom stereocenters. The number of fused-ring (bicyclic) bond motifs is 10. The van der Waals surface area contributed by atoms with E-state index in [9.17, 15) is 0 Å². The van der Waals surface area contributed by atoms with Gasteiger partial charge in [-0.1, -0.05) is 0 Å². The number of rotatable bonds is 5. The molecule has 0 fully saturated rings. The van der Waals surface area contributed by atoms with Gasteiger partial charge in [0.1, 0.15) is 0 Å². The van der Waals surface area contributed by atoms with Gasteiger partial charge in [-0.2, -0.15) is 0 Å². The van der Waals surface area contributed by atoms with Gasteiger partial charge in [0.2, 0.25) is 0 Å². The first-order valence-corrected chi connectivity index (χ1v) is 23.9. The van der Waals surface area contributed by atoms with Gasteiger partial charge < -0.3 is 0 Å². The van der Waals surface area contributed by atoms with Crippen LogP contribution in [0.5, 0.6) is 0 Å². The fourth-order valence-corrected chi connectivity index (χ4v) is 20.3. The molecule has 2 aliphatic rings. The van der Waals surface area contributed by atoms with Crippen LogP contribution in [0.4, 0.5) is 0 Å². The zero-order chi connectivity index (χ0) is 37.5. The molecule has 0 saturated carbocycles. The van der Waals surface area contributed by atoms with Gasteiger partial charge >= 0.3 is 334 Å². The summed E-state index contributed by atoms with van der Waals surface area (Å²) in [7, 11) is 0. The minimum atomic E-state index is -3.73. The van der Waals surface area contributed by atoms with Crippen molar-refractivity contribution in [1.29, 1.82) is 0 Å². The van der Waals surface area contributed by atoms with E-state index in [1.165, 1.54) is 39.9 Å². The Morgan fingerprint density at radius 3 is 2.00 bits per heavy atom. The van der Waals surface area contributed by atoms with Crippen LogP contribution in [0.2, 0.25) is 0 Å². The molecule has 1 aliphatic carbocycles. The van der Waals surface area contributed by atoms with Gasteiger partial charge in [0.15, 0.2) is 0 Å². The van der Waals surface area contributed by atoms with Crippen LogP contribution >= 0.6 is 0 Å². The van der Waals surface area contributed by atoms with E-state index < -0.39 is 13.3 Å². The Kier molecular flexibility index (Phi) is 7.20. The Labute approximate surface area is 332 Å². The number of allylic oxidation sites excluding steroid dienone is 1. The third-order valence-corrected chi connectivity index (χ3v) is 22.1. The van der Waals surface area contributed by atoms with E-state index >= 15 is 0 Å². The van der Waals surface area contributed by atoms with Crippen LogP contribution in [0, 0.1) is 0 Å². The van der Waals surface area contributed by atoms with E-state index in [0.29, 0.717) is 0 Å². The number of aryl methyl sites for hydroxylation is 1. The molecule has 0 bridgehead atoms. The average Bonchev–Trinajstić information content (AvgIpc) is 3.94. The van der Waals surface area contributed by atoms with Crippen LogP contribution in [0.3, 0.4) is 0 Å². The molecule has 0 spiro atoms. The predicted octanol–water partition coefficient (Wildman–Crippen LogP) is 9.97. The second-order valence-corrected chi connectivity index (χ2v) is 22.8. The van der Waals surface area contributed by atoms with Gasteiger partial charge in [0, 0.05) is 0 Å². The van der Waals surface area contributed by atoms with Gasteiger partial charge in [-0.3, -0.25) is 0 Å². The molecule has 268 valence electrons. The summed E-state index contributed by atoms with van der Waals surface area (Å²) in [6, 6.07) is 63.7. The summed E-state index contributed by atoms with van der Waals surface area (Å²) in [5, 5.41) is 3.50. The molecule has 57 heavy (non-hydrogen) atoms. The van der Waals surface area contributed by atoms with Gasteiger partial charge in [-0.05, 0) is 0 Å². The molecule has 5 heteroatoms. The van der Waals surface area contributed by atoms with Crippen molar-refractivity contribution in [3.8, 4) is 39.5 Å². The summed E-state index contributed by atoms with van der Waals surface area (Å²) in [5.41, 5.74) is 11.9. The molecule has 1 aliphatic heterocycles. The summed E-state index contributed by atoms with van der Waals surface area (Å²) < 4.78 is 14.5. The molecular weight excluding hydrogens is 755 g/mol. The molecule has 4 heterocycles. The van der Waals surface area contributed by atoms with Crippen molar-refractivity contribution in [2.45, 2.75) is 12.8 Å². The Hall–Kier alpha value is -6.76.